The second-order valence-electron chi connectivity index (χ2n) is 5.10. The van der Waals surface area contributed by atoms with E-state index in [0.29, 0.717) is 0 Å². The molecule has 22 heavy (non-hydrogen) atoms. The molecule has 0 aromatic carbocycles. The maximum absolute atomic E-state index is 13.0. The maximum atomic E-state index is 13.0. The van der Waals surface area contributed by atoms with Crippen molar-refractivity contribution in [1.29, 1.82) is 0 Å². The van der Waals surface area contributed by atoms with Gasteiger partial charge in [-0.2, -0.15) is 0 Å². The quantitative estimate of drug-likeness (QED) is 0.394. The zero-order valence-corrected chi connectivity index (χ0v) is 13.1. The smallest absolute Gasteiger partial charge is 0.407 e. The van der Waals surface area contributed by atoms with Gasteiger partial charge in [-0.05, 0) is 12.8 Å². The van der Waals surface area contributed by atoms with Crippen molar-refractivity contribution in [3.05, 3.63) is 0 Å². The van der Waals surface area contributed by atoms with Crippen LogP contribution in [0, 0.1) is 5.92 Å². The molecule has 0 heterocycles. The van der Waals surface area contributed by atoms with E-state index in [2.05, 4.69) is 5.32 Å². The lowest BCUT2D eigenvalue weighted by Crippen LogP contribution is -2.33. The molecule has 1 rings (SSSR count). The first-order valence-corrected chi connectivity index (χ1v) is 8.55. The van der Waals surface area contributed by atoms with E-state index in [1.807, 2.05) is 0 Å². The summed E-state index contributed by atoms with van der Waals surface area (Å²) in [5.74, 6) is -0.897. The zero-order valence-electron chi connectivity index (χ0n) is 12.3. The molecule has 128 valence electrons. The highest BCUT2D eigenvalue weighted by Gasteiger charge is 2.22. The van der Waals surface area contributed by atoms with Crippen LogP contribution < -0.4 is 5.32 Å². The van der Waals surface area contributed by atoms with E-state index in [-0.39, 0.29) is 25.1 Å². The topological polar surface area (TPSA) is 102 Å². The molecule has 0 bridgehead atoms. The summed E-state index contributed by atoms with van der Waals surface area (Å²) >= 11 is -2.25. The van der Waals surface area contributed by atoms with Crippen molar-refractivity contribution in [1.82, 2.24) is 5.32 Å². The molecule has 0 spiro atoms. The molecule has 0 aromatic rings. The molecule has 1 fully saturated rings. The van der Waals surface area contributed by atoms with Gasteiger partial charge >= 0.3 is 12.1 Å². The molecule has 0 radical (unpaired) electrons. The van der Waals surface area contributed by atoms with Crippen molar-refractivity contribution in [3.63, 3.8) is 0 Å². The number of nitrogens with one attached hydrogen (secondary N) is 1. The zero-order chi connectivity index (χ0) is 16.4. The number of carbonyl (C=O) groups excluding carboxylic acids is 2. The molecular formula is C13H22FNO6S. The van der Waals surface area contributed by atoms with E-state index in [1.165, 1.54) is 0 Å². The molecule has 1 amide bonds. The molecule has 7 nitrogen and oxygen atoms in total. The van der Waals surface area contributed by atoms with Gasteiger partial charge in [0, 0.05) is 0 Å². The molecule has 2 atom stereocenters. The summed E-state index contributed by atoms with van der Waals surface area (Å²) in [5.41, 5.74) is 0. The first-order valence-electron chi connectivity index (χ1n) is 7.28. The van der Waals surface area contributed by atoms with Crippen molar-refractivity contribution in [2.45, 2.75) is 38.3 Å². The molecule has 1 unspecified atom stereocenters. The molecule has 9 heteroatoms. The minimum atomic E-state index is -2.25. The van der Waals surface area contributed by atoms with Gasteiger partial charge in [-0.3, -0.25) is 4.79 Å². The molecule has 0 saturated heterocycles. The number of amides is 1. The van der Waals surface area contributed by atoms with Gasteiger partial charge in [0.25, 0.3) is 0 Å². The Balaban J connectivity index is 2.04. The number of esters is 1. The van der Waals surface area contributed by atoms with Gasteiger partial charge in [0.05, 0.1) is 18.2 Å². The van der Waals surface area contributed by atoms with Crippen molar-refractivity contribution in [2.75, 3.05) is 25.5 Å². The third-order valence-corrected chi connectivity index (χ3v) is 3.94. The average molecular weight is 339 g/mol. The lowest BCUT2D eigenvalue weighted by Gasteiger charge is -2.19. The normalized spacial score (nSPS) is 18.3. The number of alkyl carbamates (subject to hydrolysis) is 1. The molecule has 0 aromatic heterocycles. The minimum absolute atomic E-state index is 0.0392. The number of carbonyl (C=O) groups is 2. The lowest BCUT2D eigenvalue weighted by molar-refractivity contribution is -0.150. The largest absolute Gasteiger partial charge is 0.462 e. The van der Waals surface area contributed by atoms with Gasteiger partial charge < -0.3 is 19.3 Å². The maximum Gasteiger partial charge on any atom is 0.407 e. The highest BCUT2D eigenvalue weighted by atomic mass is 32.2. The predicted octanol–water partition coefficient (Wildman–Crippen LogP) is 1.40. The molecule has 1 aliphatic carbocycles. The highest BCUT2D eigenvalue weighted by Crippen LogP contribution is 2.24. The van der Waals surface area contributed by atoms with Crippen LogP contribution in [-0.4, -0.2) is 52.5 Å². The van der Waals surface area contributed by atoms with Crippen molar-refractivity contribution < 1.29 is 32.2 Å². The standard InChI is InChI=1S/C13H22FNO6S/c14-11(9-22(18)19)8-15-13(17)21-7-6-20-12(16)10-4-2-1-3-5-10/h10-11H,1-9H2,(H,15,17)(H,18,19)/t11-/m0/s1. The summed E-state index contributed by atoms with van der Waals surface area (Å²) in [6.07, 6.45) is 2.40. The van der Waals surface area contributed by atoms with E-state index >= 15 is 0 Å². The summed E-state index contributed by atoms with van der Waals surface area (Å²) < 4.78 is 41.5. The SMILES string of the molecule is O=C(NC[C@H](F)CS(=O)O)OCCOC(=O)C1CCCCC1. The number of rotatable bonds is 8. The van der Waals surface area contributed by atoms with E-state index in [4.69, 9.17) is 14.0 Å². The summed E-state index contributed by atoms with van der Waals surface area (Å²) in [6, 6.07) is 0. The third kappa shape index (κ3) is 8.28. The van der Waals surface area contributed by atoms with Gasteiger partial charge in [0.2, 0.25) is 0 Å². The van der Waals surface area contributed by atoms with Crippen LogP contribution in [0.4, 0.5) is 9.18 Å². The van der Waals surface area contributed by atoms with Crippen molar-refractivity contribution in [2.24, 2.45) is 5.92 Å². The monoisotopic (exact) mass is 339 g/mol. The number of halogens is 1. The summed E-state index contributed by atoms with van der Waals surface area (Å²) in [7, 11) is 0. The molecule has 1 aliphatic rings. The van der Waals surface area contributed by atoms with Gasteiger partial charge in [-0.25, -0.2) is 13.4 Å². The van der Waals surface area contributed by atoms with E-state index in [1.54, 1.807) is 0 Å². The number of hydrogen-bond acceptors (Lipinski definition) is 5. The van der Waals surface area contributed by atoms with Gasteiger partial charge in [0.15, 0.2) is 11.1 Å². The Hall–Kier alpha value is -1.22. The molecule has 2 N–H and O–H groups in total. The van der Waals surface area contributed by atoms with Crippen LogP contribution in [0.1, 0.15) is 32.1 Å². The highest BCUT2D eigenvalue weighted by molar-refractivity contribution is 7.79. The Kier molecular flexibility index (Phi) is 8.98. The third-order valence-electron chi connectivity index (χ3n) is 3.29. The second kappa shape index (κ2) is 10.5. The van der Waals surface area contributed by atoms with Gasteiger partial charge in [-0.15, -0.1) is 0 Å². The van der Waals surface area contributed by atoms with E-state index < -0.39 is 35.6 Å². The van der Waals surface area contributed by atoms with Crippen LogP contribution >= 0.6 is 0 Å². The van der Waals surface area contributed by atoms with Crippen molar-refractivity contribution in [3.8, 4) is 0 Å². The Morgan fingerprint density at radius 3 is 2.50 bits per heavy atom. The predicted molar refractivity (Wildman–Crippen MR) is 77.4 cm³/mol. The Morgan fingerprint density at radius 1 is 1.23 bits per heavy atom. The van der Waals surface area contributed by atoms with Crippen LogP contribution in [0.2, 0.25) is 0 Å². The van der Waals surface area contributed by atoms with E-state index in [0.717, 1.165) is 32.1 Å². The van der Waals surface area contributed by atoms with Crippen molar-refractivity contribution >= 4 is 23.1 Å². The molecule has 1 saturated carbocycles. The summed E-state index contributed by atoms with van der Waals surface area (Å²) in [4.78, 5) is 22.9. The van der Waals surface area contributed by atoms with Crippen LogP contribution in [0.5, 0.6) is 0 Å². The average Bonchev–Trinajstić information content (AvgIpc) is 2.49. The number of ether oxygens (including phenoxy) is 2. The Morgan fingerprint density at radius 2 is 1.86 bits per heavy atom. The Labute approximate surface area is 131 Å². The fraction of sp³-hybridized carbons (Fsp3) is 0.846. The first-order chi connectivity index (χ1) is 10.5. The van der Waals surface area contributed by atoms with Crippen LogP contribution in [0.25, 0.3) is 0 Å². The molecular weight excluding hydrogens is 317 g/mol. The summed E-state index contributed by atoms with van der Waals surface area (Å²) in [6.45, 7) is -0.567. The minimum Gasteiger partial charge on any atom is -0.462 e. The fourth-order valence-electron chi connectivity index (χ4n) is 2.19. The number of alkyl halides is 1. The molecule has 0 aliphatic heterocycles. The van der Waals surface area contributed by atoms with E-state index in [9.17, 15) is 18.2 Å². The van der Waals surface area contributed by atoms with Gasteiger partial charge in [-0.1, -0.05) is 19.3 Å². The summed E-state index contributed by atoms with van der Waals surface area (Å²) in [5, 5.41) is 2.12. The van der Waals surface area contributed by atoms with Crippen LogP contribution in [0.15, 0.2) is 0 Å². The Bertz CT molecular complexity index is 389. The van der Waals surface area contributed by atoms with Gasteiger partial charge in [0.1, 0.15) is 19.4 Å². The number of hydrogen-bond donors (Lipinski definition) is 2. The second-order valence-corrected chi connectivity index (χ2v) is 6.08. The van der Waals surface area contributed by atoms with Crippen LogP contribution in [0.3, 0.4) is 0 Å². The van der Waals surface area contributed by atoms with Crippen LogP contribution in [-0.2, 0) is 25.3 Å². The fourth-order valence-corrected chi connectivity index (χ4v) is 2.62. The lowest BCUT2D eigenvalue weighted by atomic mass is 9.89. The first kappa shape index (κ1) is 18.8.